The molecule has 14 heavy (non-hydrogen) atoms. The van der Waals surface area contributed by atoms with Crippen molar-refractivity contribution in [2.75, 3.05) is 0 Å². The van der Waals surface area contributed by atoms with E-state index >= 15 is 0 Å². The van der Waals surface area contributed by atoms with Gasteiger partial charge in [0.2, 0.25) is 0 Å². The summed E-state index contributed by atoms with van der Waals surface area (Å²) in [6, 6.07) is 0. The minimum atomic E-state index is -3.95. The van der Waals surface area contributed by atoms with Crippen LogP contribution in [0, 0.1) is 0 Å². The van der Waals surface area contributed by atoms with Crippen molar-refractivity contribution in [3.05, 3.63) is 28.9 Å². The van der Waals surface area contributed by atoms with Crippen molar-refractivity contribution in [3.63, 3.8) is 0 Å². The average Bonchev–Trinajstić information content (AvgIpc) is 2.08. The fourth-order valence-corrected chi connectivity index (χ4v) is 0.786. The minimum absolute atomic E-state index is 0.584. The molecule has 0 radical (unpaired) electrons. The second kappa shape index (κ2) is 3.52. The third kappa shape index (κ3) is 2.12. The van der Waals surface area contributed by atoms with Gasteiger partial charge in [0.25, 0.3) is 5.56 Å². The van der Waals surface area contributed by atoms with Crippen LogP contribution in [0.2, 0.25) is 0 Å². The Balaban J connectivity index is 2.95. The lowest BCUT2D eigenvalue weighted by Gasteiger charge is -2.11. The normalized spacial score (nSPS) is 11.3. The van der Waals surface area contributed by atoms with E-state index in [0.29, 0.717) is 4.57 Å². The van der Waals surface area contributed by atoms with E-state index in [1.807, 2.05) is 0 Å². The van der Waals surface area contributed by atoms with Gasteiger partial charge in [-0.15, -0.1) is 0 Å². The van der Waals surface area contributed by atoms with Crippen molar-refractivity contribution in [1.82, 2.24) is 9.55 Å². The van der Waals surface area contributed by atoms with Crippen LogP contribution in [-0.2, 0) is 11.3 Å². The van der Waals surface area contributed by atoms with Gasteiger partial charge in [-0.25, -0.2) is 4.79 Å². The molecule has 0 saturated heterocycles. The highest BCUT2D eigenvalue weighted by Gasteiger charge is 2.39. The van der Waals surface area contributed by atoms with Crippen molar-refractivity contribution >= 4 is 5.97 Å². The zero-order valence-corrected chi connectivity index (χ0v) is 6.85. The number of carbonyl (C=O) groups is 1. The topological polar surface area (TPSA) is 72.2 Å². The van der Waals surface area contributed by atoms with Crippen LogP contribution >= 0.6 is 0 Å². The number of aliphatic carboxylic acids is 1. The number of rotatable bonds is 3. The van der Waals surface area contributed by atoms with Gasteiger partial charge in [0.05, 0.1) is 6.20 Å². The van der Waals surface area contributed by atoms with Gasteiger partial charge in [-0.1, -0.05) is 0 Å². The lowest BCUT2D eigenvalue weighted by atomic mass is 10.3. The van der Waals surface area contributed by atoms with Crippen LogP contribution in [0.25, 0.3) is 0 Å². The van der Waals surface area contributed by atoms with E-state index in [1.165, 1.54) is 0 Å². The molecule has 1 aromatic rings. The van der Waals surface area contributed by atoms with Crippen molar-refractivity contribution in [2.24, 2.45) is 0 Å². The summed E-state index contributed by atoms with van der Waals surface area (Å²) in [6.07, 6.45) is 2.95. The maximum atomic E-state index is 12.6. The summed E-state index contributed by atoms with van der Waals surface area (Å²) in [5, 5.41) is 8.11. The Kier molecular flexibility index (Phi) is 2.59. The molecule has 0 aliphatic rings. The van der Waals surface area contributed by atoms with Crippen LogP contribution in [0.1, 0.15) is 0 Å². The molecule has 0 aliphatic carbocycles. The molecule has 0 atom stereocenters. The van der Waals surface area contributed by atoms with Crippen molar-refractivity contribution < 1.29 is 18.7 Å². The van der Waals surface area contributed by atoms with Gasteiger partial charge in [0.1, 0.15) is 6.54 Å². The molecule has 1 rings (SSSR count). The molecule has 5 nitrogen and oxygen atoms in total. The monoisotopic (exact) mass is 204 g/mol. The molecule has 0 fully saturated rings. The van der Waals surface area contributed by atoms with E-state index in [9.17, 15) is 18.4 Å². The molecular weight excluding hydrogens is 198 g/mol. The quantitative estimate of drug-likeness (QED) is 0.749. The predicted octanol–water partition coefficient (Wildman–Crippen LogP) is -0.0368. The van der Waals surface area contributed by atoms with Crippen LogP contribution in [0.3, 0.4) is 0 Å². The molecule has 0 spiro atoms. The third-order valence-corrected chi connectivity index (χ3v) is 1.48. The maximum absolute atomic E-state index is 12.6. The number of hydrogen-bond donors (Lipinski definition) is 1. The van der Waals surface area contributed by atoms with Crippen LogP contribution in [0.4, 0.5) is 8.78 Å². The number of alkyl halides is 2. The first kappa shape index (κ1) is 10.3. The molecule has 1 N–H and O–H groups in total. The largest absolute Gasteiger partial charge is 0.477 e. The maximum Gasteiger partial charge on any atom is 0.376 e. The van der Waals surface area contributed by atoms with Crippen molar-refractivity contribution in [3.8, 4) is 0 Å². The lowest BCUT2D eigenvalue weighted by Crippen LogP contribution is -2.37. The molecule has 0 aliphatic heterocycles. The second-order valence-corrected chi connectivity index (χ2v) is 2.55. The molecule has 1 aromatic heterocycles. The van der Waals surface area contributed by atoms with Gasteiger partial charge in [-0.2, -0.15) is 8.78 Å². The molecule has 1 heterocycles. The Bertz CT molecular complexity index is 402. The Morgan fingerprint density at radius 3 is 2.79 bits per heavy atom. The Morgan fingerprint density at radius 2 is 2.29 bits per heavy atom. The van der Waals surface area contributed by atoms with Crippen LogP contribution < -0.4 is 5.56 Å². The Hall–Kier alpha value is -1.79. The first-order valence-corrected chi connectivity index (χ1v) is 3.55. The standard InChI is InChI=1S/C7H6F2N2O3/c8-7(9,6(13)14)4-11-2-1-10-3-5(11)12/h1-3H,4H2,(H,13,14). The van der Waals surface area contributed by atoms with E-state index in [4.69, 9.17) is 5.11 Å². The number of carboxylic acid groups (broad SMARTS) is 1. The zero-order chi connectivity index (χ0) is 10.8. The first-order valence-electron chi connectivity index (χ1n) is 3.55. The SMILES string of the molecule is O=C(O)C(F)(F)Cn1ccncc1=O. The summed E-state index contributed by atoms with van der Waals surface area (Å²) in [7, 11) is 0. The highest BCUT2D eigenvalue weighted by molar-refractivity contribution is 5.75. The summed E-state index contributed by atoms with van der Waals surface area (Å²) in [5.74, 6) is -6.22. The third-order valence-electron chi connectivity index (χ3n) is 1.48. The average molecular weight is 204 g/mol. The van der Waals surface area contributed by atoms with Gasteiger partial charge in [-0.3, -0.25) is 9.78 Å². The fourth-order valence-electron chi connectivity index (χ4n) is 0.786. The lowest BCUT2D eigenvalue weighted by molar-refractivity contribution is -0.166. The van der Waals surface area contributed by atoms with Crippen LogP contribution in [0.15, 0.2) is 23.4 Å². The van der Waals surface area contributed by atoms with E-state index in [2.05, 4.69) is 4.98 Å². The number of nitrogens with zero attached hydrogens (tertiary/aromatic N) is 2. The molecular formula is C7H6F2N2O3. The van der Waals surface area contributed by atoms with E-state index < -0.39 is 24.0 Å². The predicted molar refractivity (Wildman–Crippen MR) is 41.1 cm³/mol. The summed E-state index contributed by atoms with van der Waals surface area (Å²) >= 11 is 0. The Morgan fingerprint density at radius 1 is 1.64 bits per heavy atom. The minimum Gasteiger partial charge on any atom is -0.477 e. The molecule has 0 aromatic carbocycles. The smallest absolute Gasteiger partial charge is 0.376 e. The van der Waals surface area contributed by atoms with E-state index in [-0.39, 0.29) is 0 Å². The second-order valence-electron chi connectivity index (χ2n) is 2.55. The highest BCUT2D eigenvalue weighted by Crippen LogP contribution is 2.14. The molecule has 0 bridgehead atoms. The van der Waals surface area contributed by atoms with Gasteiger partial charge < -0.3 is 9.67 Å². The summed E-state index contributed by atoms with van der Waals surface area (Å²) in [5.41, 5.74) is -0.770. The molecule has 7 heteroatoms. The number of halogens is 2. The zero-order valence-electron chi connectivity index (χ0n) is 6.85. The van der Waals surface area contributed by atoms with Gasteiger partial charge in [0.15, 0.2) is 0 Å². The summed E-state index contributed by atoms with van der Waals surface area (Å²) in [6.45, 7) is -1.19. The van der Waals surface area contributed by atoms with Gasteiger partial charge >= 0.3 is 11.9 Å². The highest BCUT2D eigenvalue weighted by atomic mass is 19.3. The number of hydrogen-bond acceptors (Lipinski definition) is 3. The van der Waals surface area contributed by atoms with Gasteiger partial charge in [-0.05, 0) is 0 Å². The van der Waals surface area contributed by atoms with Gasteiger partial charge in [0, 0.05) is 12.4 Å². The fraction of sp³-hybridized carbons (Fsp3) is 0.286. The first-order chi connectivity index (χ1) is 6.43. The van der Waals surface area contributed by atoms with Crippen molar-refractivity contribution in [1.29, 1.82) is 0 Å². The van der Waals surface area contributed by atoms with Crippen LogP contribution in [-0.4, -0.2) is 26.5 Å². The molecule has 0 unspecified atom stereocenters. The van der Waals surface area contributed by atoms with Crippen molar-refractivity contribution in [2.45, 2.75) is 12.5 Å². The molecule has 0 amide bonds. The molecule has 76 valence electrons. The summed E-state index contributed by atoms with van der Waals surface area (Å²) < 4.78 is 25.8. The van der Waals surface area contributed by atoms with E-state index in [1.54, 1.807) is 0 Å². The summed E-state index contributed by atoms with van der Waals surface area (Å²) in [4.78, 5) is 24.3. The number of carboxylic acids is 1. The van der Waals surface area contributed by atoms with E-state index in [0.717, 1.165) is 18.6 Å². The molecule has 0 saturated carbocycles. The number of aromatic nitrogens is 2. The van der Waals surface area contributed by atoms with Crippen LogP contribution in [0.5, 0.6) is 0 Å². The Labute approximate surface area is 76.6 Å².